The second kappa shape index (κ2) is 9.53. The number of halogens is 1. The third kappa shape index (κ3) is 4.80. The number of hydrogen-bond acceptors (Lipinski definition) is 4. The molecule has 0 spiro atoms. The summed E-state index contributed by atoms with van der Waals surface area (Å²) in [5, 5.41) is 0. The highest BCUT2D eigenvalue weighted by molar-refractivity contribution is 5.92. The Morgan fingerprint density at radius 2 is 1.46 bits per heavy atom. The predicted octanol–water partition coefficient (Wildman–Crippen LogP) is 3.81. The van der Waals surface area contributed by atoms with Crippen molar-refractivity contribution < 1.29 is 9.18 Å². The summed E-state index contributed by atoms with van der Waals surface area (Å²) in [7, 11) is 0. The number of hydrogen-bond donors (Lipinski definition) is 0. The number of carbonyl (C=O) groups excluding carboxylic acids is 1. The summed E-state index contributed by atoms with van der Waals surface area (Å²) >= 11 is 0. The molecule has 150 valence electrons. The molecule has 2 aromatic rings. The van der Waals surface area contributed by atoms with Gasteiger partial charge in [-0.3, -0.25) is 4.79 Å². The Balaban J connectivity index is 1.60. The van der Waals surface area contributed by atoms with E-state index < -0.39 is 0 Å². The van der Waals surface area contributed by atoms with E-state index >= 15 is 0 Å². The molecule has 0 unspecified atom stereocenters. The summed E-state index contributed by atoms with van der Waals surface area (Å²) in [6, 6.07) is 10.5. The molecule has 1 aliphatic heterocycles. The van der Waals surface area contributed by atoms with Crippen LogP contribution in [0.5, 0.6) is 0 Å². The third-order valence-electron chi connectivity index (χ3n) is 5.08. The monoisotopic (exact) mass is 384 g/mol. The van der Waals surface area contributed by atoms with Crippen molar-refractivity contribution in [1.82, 2.24) is 9.88 Å². The molecule has 0 N–H and O–H groups in total. The molecule has 1 fully saturated rings. The summed E-state index contributed by atoms with van der Waals surface area (Å²) in [5.74, 6) is -0.198. The van der Waals surface area contributed by atoms with Crippen LogP contribution < -0.4 is 9.80 Å². The average Bonchev–Trinajstić information content (AvgIpc) is 2.74. The summed E-state index contributed by atoms with van der Waals surface area (Å²) in [5.41, 5.74) is 2.59. The Labute approximate surface area is 166 Å². The zero-order chi connectivity index (χ0) is 19.9. The van der Waals surface area contributed by atoms with Gasteiger partial charge in [-0.25, -0.2) is 9.37 Å². The van der Waals surface area contributed by atoms with E-state index in [1.54, 1.807) is 6.20 Å². The molecule has 6 heteroatoms. The van der Waals surface area contributed by atoms with Gasteiger partial charge >= 0.3 is 0 Å². The normalized spacial score (nSPS) is 14.2. The molecule has 1 aromatic carbocycles. The molecule has 5 nitrogen and oxygen atoms in total. The van der Waals surface area contributed by atoms with E-state index in [1.165, 1.54) is 12.1 Å². The van der Waals surface area contributed by atoms with Gasteiger partial charge in [-0.05, 0) is 49.2 Å². The van der Waals surface area contributed by atoms with Crippen molar-refractivity contribution in [2.24, 2.45) is 0 Å². The van der Waals surface area contributed by atoms with Gasteiger partial charge in [0.2, 0.25) is 0 Å². The van der Waals surface area contributed by atoms with E-state index in [0.717, 1.165) is 63.5 Å². The van der Waals surface area contributed by atoms with Gasteiger partial charge in [0.15, 0.2) is 0 Å². The first kappa shape index (κ1) is 20.1. The number of pyridine rings is 1. The SMILES string of the molecule is CCCN(CCC)C(=O)c1ccc(N2CCN(c3ccc(F)cc3)CC2)cn1. The second-order valence-corrected chi connectivity index (χ2v) is 7.14. The van der Waals surface area contributed by atoms with Gasteiger partial charge in [-0.1, -0.05) is 13.8 Å². The van der Waals surface area contributed by atoms with Crippen LogP contribution in [0.2, 0.25) is 0 Å². The maximum absolute atomic E-state index is 13.1. The number of anilines is 2. The molecule has 1 saturated heterocycles. The minimum absolute atomic E-state index is 0.0105. The third-order valence-corrected chi connectivity index (χ3v) is 5.08. The molecule has 2 heterocycles. The van der Waals surface area contributed by atoms with Gasteiger partial charge in [-0.2, -0.15) is 0 Å². The van der Waals surface area contributed by atoms with Crippen LogP contribution in [0.15, 0.2) is 42.6 Å². The fourth-order valence-corrected chi connectivity index (χ4v) is 3.59. The van der Waals surface area contributed by atoms with Crippen molar-refractivity contribution >= 4 is 17.3 Å². The van der Waals surface area contributed by atoms with E-state index in [1.807, 2.05) is 29.2 Å². The molecule has 1 amide bonds. The second-order valence-electron chi connectivity index (χ2n) is 7.14. The van der Waals surface area contributed by atoms with Gasteiger partial charge in [0.05, 0.1) is 11.9 Å². The first-order chi connectivity index (χ1) is 13.6. The number of piperazine rings is 1. The number of aromatic nitrogens is 1. The lowest BCUT2D eigenvalue weighted by atomic mass is 10.2. The lowest BCUT2D eigenvalue weighted by Gasteiger charge is -2.37. The topological polar surface area (TPSA) is 39.7 Å². The van der Waals surface area contributed by atoms with Gasteiger partial charge in [0.1, 0.15) is 11.5 Å². The number of rotatable bonds is 7. The zero-order valence-electron chi connectivity index (χ0n) is 16.8. The Hall–Kier alpha value is -2.63. The molecule has 0 saturated carbocycles. The van der Waals surface area contributed by atoms with E-state index in [2.05, 4.69) is 28.6 Å². The van der Waals surface area contributed by atoms with Gasteiger partial charge in [0, 0.05) is 45.0 Å². The van der Waals surface area contributed by atoms with Gasteiger partial charge < -0.3 is 14.7 Å². The average molecular weight is 384 g/mol. The molecule has 0 radical (unpaired) electrons. The maximum atomic E-state index is 13.1. The fourth-order valence-electron chi connectivity index (χ4n) is 3.59. The summed E-state index contributed by atoms with van der Waals surface area (Å²) in [6.45, 7) is 9.16. The molecule has 0 bridgehead atoms. The molecular formula is C22H29FN4O. The van der Waals surface area contributed by atoms with E-state index in [0.29, 0.717) is 5.69 Å². The molecule has 0 aliphatic carbocycles. The molecule has 3 rings (SSSR count). The van der Waals surface area contributed by atoms with Crippen molar-refractivity contribution in [2.75, 3.05) is 49.1 Å². The van der Waals surface area contributed by atoms with Crippen LogP contribution in [0.25, 0.3) is 0 Å². The van der Waals surface area contributed by atoms with E-state index in [-0.39, 0.29) is 11.7 Å². The Bertz CT molecular complexity index is 749. The minimum atomic E-state index is -0.209. The Morgan fingerprint density at radius 1 is 0.929 bits per heavy atom. The van der Waals surface area contributed by atoms with Crippen LogP contribution in [-0.4, -0.2) is 55.1 Å². The number of amides is 1. The molecule has 1 aromatic heterocycles. The fraction of sp³-hybridized carbons (Fsp3) is 0.455. The van der Waals surface area contributed by atoms with E-state index in [9.17, 15) is 9.18 Å². The number of nitrogens with zero attached hydrogens (tertiary/aromatic N) is 4. The van der Waals surface area contributed by atoms with Crippen LogP contribution >= 0.6 is 0 Å². The molecule has 0 atom stereocenters. The van der Waals surface area contributed by atoms with Crippen molar-refractivity contribution in [1.29, 1.82) is 0 Å². The summed E-state index contributed by atoms with van der Waals surface area (Å²) in [6.07, 6.45) is 3.70. The highest BCUT2D eigenvalue weighted by Crippen LogP contribution is 2.21. The largest absolute Gasteiger partial charge is 0.368 e. The van der Waals surface area contributed by atoms with Crippen LogP contribution in [0, 0.1) is 5.82 Å². The molecular weight excluding hydrogens is 355 g/mol. The zero-order valence-corrected chi connectivity index (χ0v) is 16.8. The lowest BCUT2D eigenvalue weighted by Crippen LogP contribution is -2.46. The number of benzene rings is 1. The van der Waals surface area contributed by atoms with Crippen LogP contribution in [0.4, 0.5) is 15.8 Å². The summed E-state index contributed by atoms with van der Waals surface area (Å²) < 4.78 is 13.1. The molecule has 28 heavy (non-hydrogen) atoms. The maximum Gasteiger partial charge on any atom is 0.272 e. The van der Waals surface area contributed by atoms with Crippen molar-refractivity contribution in [3.05, 3.63) is 54.1 Å². The van der Waals surface area contributed by atoms with Crippen molar-refractivity contribution in [2.45, 2.75) is 26.7 Å². The highest BCUT2D eigenvalue weighted by Gasteiger charge is 2.19. The van der Waals surface area contributed by atoms with Crippen molar-refractivity contribution in [3.8, 4) is 0 Å². The van der Waals surface area contributed by atoms with Crippen molar-refractivity contribution in [3.63, 3.8) is 0 Å². The highest BCUT2D eigenvalue weighted by atomic mass is 19.1. The van der Waals surface area contributed by atoms with Gasteiger partial charge in [-0.15, -0.1) is 0 Å². The van der Waals surface area contributed by atoms with Crippen LogP contribution in [-0.2, 0) is 0 Å². The van der Waals surface area contributed by atoms with Gasteiger partial charge in [0.25, 0.3) is 5.91 Å². The lowest BCUT2D eigenvalue weighted by molar-refractivity contribution is 0.0749. The summed E-state index contributed by atoms with van der Waals surface area (Å²) in [4.78, 5) is 23.5. The Morgan fingerprint density at radius 3 is 1.96 bits per heavy atom. The molecule has 1 aliphatic rings. The minimum Gasteiger partial charge on any atom is -0.368 e. The number of carbonyl (C=O) groups is 1. The predicted molar refractivity (Wildman–Crippen MR) is 112 cm³/mol. The van der Waals surface area contributed by atoms with E-state index in [4.69, 9.17) is 0 Å². The first-order valence-electron chi connectivity index (χ1n) is 10.1. The first-order valence-corrected chi connectivity index (χ1v) is 10.1. The van der Waals surface area contributed by atoms with Crippen LogP contribution in [0.1, 0.15) is 37.2 Å². The van der Waals surface area contributed by atoms with Crippen LogP contribution in [0.3, 0.4) is 0 Å². The quantitative estimate of drug-likeness (QED) is 0.728. The Kier molecular flexibility index (Phi) is 6.85. The standard InChI is InChI=1S/C22H29FN4O/c1-3-11-27(12-4-2)22(28)21-10-9-20(17-24-21)26-15-13-25(14-16-26)19-7-5-18(23)6-8-19/h5-10,17H,3-4,11-16H2,1-2H3. The smallest absolute Gasteiger partial charge is 0.272 e.